The number of anilines is 3. The Morgan fingerprint density at radius 1 is 1.10 bits per heavy atom. The number of nitriles is 1. The maximum absolute atomic E-state index is 13.6. The molecule has 0 spiro atoms. The van der Waals surface area contributed by atoms with E-state index in [1.807, 2.05) is 32.0 Å². The average molecular weight is 868 g/mol. The number of amides is 5. The number of nitrogens with one attached hydrogen (secondary N) is 2. The van der Waals surface area contributed by atoms with Gasteiger partial charge >= 0.3 is 6.03 Å². The molecule has 18 heteroatoms. The van der Waals surface area contributed by atoms with Crippen LogP contribution in [0.5, 0.6) is 0 Å². The quantitative estimate of drug-likeness (QED) is 0.187. The number of rotatable bonds is 11. The van der Waals surface area contributed by atoms with Crippen LogP contribution in [-0.2, 0) is 26.2 Å². The maximum Gasteiger partial charge on any atom is 0.329 e. The highest BCUT2D eigenvalue weighted by Gasteiger charge is 2.52. The van der Waals surface area contributed by atoms with Crippen LogP contribution in [0.2, 0.25) is 5.02 Å². The fraction of sp³-hybridized carbons (Fsp3) is 0.537. The third kappa shape index (κ3) is 8.92. The van der Waals surface area contributed by atoms with E-state index in [4.69, 9.17) is 28.6 Å². The molecule has 0 unspecified atom stereocenters. The molecule has 0 radical (unpaired) electrons. The molecule has 4 fully saturated rings. The van der Waals surface area contributed by atoms with Gasteiger partial charge in [0.05, 0.1) is 40.1 Å². The minimum Gasteiger partial charge on any atom is -0.378 e. The van der Waals surface area contributed by atoms with E-state index in [-0.39, 0.29) is 78.9 Å². The Kier molecular flexibility index (Phi) is 13.5. The van der Waals surface area contributed by atoms with Crippen molar-refractivity contribution < 1.29 is 23.9 Å². The van der Waals surface area contributed by atoms with Crippen molar-refractivity contribution in [2.24, 2.45) is 7.05 Å². The van der Waals surface area contributed by atoms with Crippen molar-refractivity contribution in [2.75, 3.05) is 54.4 Å². The predicted molar refractivity (Wildman–Crippen MR) is 233 cm³/mol. The van der Waals surface area contributed by atoms with Gasteiger partial charge in [-0.05, 0) is 102 Å². The lowest BCUT2D eigenvalue weighted by molar-refractivity contribution is -0.124. The molecule has 1 aliphatic carbocycles. The number of para-hydroxylation sites is 1. The summed E-state index contributed by atoms with van der Waals surface area (Å²) in [5.41, 5.74) is 1.42. The molecule has 2 aromatic carbocycles. The highest BCUT2D eigenvalue weighted by Crippen LogP contribution is 2.39. The number of aromatic nitrogens is 2. The minimum absolute atomic E-state index is 0. The fourth-order valence-corrected chi connectivity index (χ4v) is 9.88. The van der Waals surface area contributed by atoms with Crippen molar-refractivity contribution in [1.82, 2.24) is 29.8 Å². The average Bonchev–Trinajstić information content (AvgIpc) is 3.60. The van der Waals surface area contributed by atoms with Crippen LogP contribution >= 0.6 is 36.2 Å². The third-order valence-electron chi connectivity index (χ3n) is 12.0. The number of aryl methyl sites for hydroxylation is 1. The summed E-state index contributed by atoms with van der Waals surface area (Å²) in [6.45, 7) is 11.9. The lowest BCUT2D eigenvalue weighted by atomic mass is 9.89. The van der Waals surface area contributed by atoms with E-state index in [0.29, 0.717) is 45.4 Å². The first kappa shape index (κ1) is 44.2. The molecule has 316 valence electrons. The SMILES string of the molecule is C[C@@H]1CN(CCCOC2CCC(N3C(=S)N(c4ccc(C#N)c(Cl)c4)C(=O)C3(C)C)CC2)C[C@H](C)N1CC(=O)Nc1cccc2c(N3CCC(=O)NC3=O)nn(C)c12.Cl. The van der Waals surface area contributed by atoms with Crippen molar-refractivity contribution in [1.29, 1.82) is 5.26 Å². The van der Waals surface area contributed by atoms with E-state index in [1.165, 1.54) is 4.90 Å². The predicted octanol–water partition coefficient (Wildman–Crippen LogP) is 5.43. The summed E-state index contributed by atoms with van der Waals surface area (Å²) < 4.78 is 8.03. The monoisotopic (exact) mass is 866 g/mol. The number of fused-ring (bicyclic) bond motifs is 1. The highest BCUT2D eigenvalue weighted by molar-refractivity contribution is 7.80. The molecule has 2 N–H and O–H groups in total. The third-order valence-corrected chi connectivity index (χ3v) is 12.7. The second kappa shape index (κ2) is 18.1. The van der Waals surface area contributed by atoms with E-state index in [2.05, 4.69) is 50.3 Å². The minimum atomic E-state index is -0.809. The maximum atomic E-state index is 13.6. The molecule has 15 nitrogen and oxygen atoms in total. The molecule has 2 atom stereocenters. The summed E-state index contributed by atoms with van der Waals surface area (Å²) in [5.74, 6) is -0.0937. The molecule has 4 heterocycles. The Morgan fingerprint density at radius 3 is 2.47 bits per heavy atom. The summed E-state index contributed by atoms with van der Waals surface area (Å²) in [5, 5.41) is 20.8. The van der Waals surface area contributed by atoms with Gasteiger partial charge in [-0.25, -0.2) is 4.79 Å². The van der Waals surface area contributed by atoms with E-state index < -0.39 is 11.6 Å². The number of carbonyl (C=O) groups is 4. The van der Waals surface area contributed by atoms with Crippen LogP contribution in [0.15, 0.2) is 36.4 Å². The second-order valence-corrected chi connectivity index (χ2v) is 17.1. The molecule has 5 amide bonds. The Labute approximate surface area is 361 Å². The summed E-state index contributed by atoms with van der Waals surface area (Å²) in [7, 11) is 1.77. The summed E-state index contributed by atoms with van der Waals surface area (Å²) in [6, 6.07) is 12.5. The molecule has 1 saturated carbocycles. The highest BCUT2D eigenvalue weighted by atomic mass is 35.5. The van der Waals surface area contributed by atoms with Crippen LogP contribution in [0.3, 0.4) is 0 Å². The zero-order chi connectivity index (χ0) is 41.5. The number of urea groups is 1. The van der Waals surface area contributed by atoms with Gasteiger partial charge in [0.2, 0.25) is 11.8 Å². The normalized spacial score (nSPS) is 24.0. The summed E-state index contributed by atoms with van der Waals surface area (Å²) >= 11 is 12.2. The molecule has 3 aliphatic heterocycles. The number of nitrogens with zero attached hydrogens (tertiary/aromatic N) is 8. The van der Waals surface area contributed by atoms with E-state index in [9.17, 15) is 24.4 Å². The number of piperazine rings is 1. The zero-order valence-electron chi connectivity index (χ0n) is 34.1. The van der Waals surface area contributed by atoms with Crippen LogP contribution in [0.1, 0.15) is 71.8 Å². The van der Waals surface area contributed by atoms with Crippen molar-refractivity contribution >= 4 is 93.2 Å². The second-order valence-electron chi connectivity index (χ2n) is 16.4. The van der Waals surface area contributed by atoms with Gasteiger partial charge in [0.25, 0.3) is 5.91 Å². The van der Waals surface area contributed by atoms with E-state index in [1.54, 1.807) is 34.8 Å². The number of thiocarbonyl (C=S) groups is 1. The van der Waals surface area contributed by atoms with E-state index >= 15 is 0 Å². The molecule has 3 saturated heterocycles. The van der Waals surface area contributed by atoms with Gasteiger partial charge in [-0.2, -0.15) is 10.4 Å². The first-order valence-corrected chi connectivity index (χ1v) is 20.8. The molecule has 59 heavy (non-hydrogen) atoms. The van der Waals surface area contributed by atoms with Crippen molar-refractivity contribution in [3.05, 3.63) is 47.0 Å². The van der Waals surface area contributed by atoms with Gasteiger partial charge in [-0.3, -0.25) is 39.1 Å². The van der Waals surface area contributed by atoms with Gasteiger partial charge in [-0.15, -0.1) is 12.4 Å². The van der Waals surface area contributed by atoms with E-state index in [0.717, 1.165) is 51.7 Å². The standard InChI is InChI=1S/C41H51ClN10O5S.ClH/c1-25-22-48(23-26(2)50(25)24-35(54)44-33-9-6-8-31-36(33)47(5)46-37(31)49-18-16-34(53)45-39(49)56)17-7-19-57-30-14-12-28(13-15-30)52-40(58)51(38(55)41(52,3)4)29-11-10-27(21-43)32(42)20-29;/h6,8-11,20,25-26,28,30H,7,12-19,22-24H2,1-5H3,(H,44,54)(H,45,53,56);1H/t25-,26+,28?,30?;. The molecule has 7 rings (SSSR count). The van der Waals surface area contributed by atoms with Gasteiger partial charge < -0.3 is 19.9 Å². The van der Waals surface area contributed by atoms with Crippen LogP contribution in [0.25, 0.3) is 10.9 Å². The van der Waals surface area contributed by atoms with Crippen LogP contribution < -0.4 is 20.4 Å². The van der Waals surface area contributed by atoms with Gasteiger partial charge in [0, 0.05) is 69.8 Å². The summed E-state index contributed by atoms with van der Waals surface area (Å²) in [6.07, 6.45) is 4.77. The van der Waals surface area contributed by atoms with Crippen molar-refractivity contribution in [3.63, 3.8) is 0 Å². The lowest BCUT2D eigenvalue weighted by Gasteiger charge is -2.44. The topological polar surface area (TPSA) is 159 Å². The lowest BCUT2D eigenvalue weighted by Crippen LogP contribution is -2.58. The molecular formula is C41H52Cl2N10O5S. The first-order valence-electron chi connectivity index (χ1n) is 20.0. The van der Waals surface area contributed by atoms with Gasteiger partial charge in [0.15, 0.2) is 10.9 Å². The Bertz CT molecular complexity index is 2160. The molecule has 4 aliphatic rings. The van der Waals surface area contributed by atoms with Crippen molar-refractivity contribution in [3.8, 4) is 6.07 Å². The molecule has 1 aromatic heterocycles. The number of hydrogen-bond donors (Lipinski definition) is 2. The Hall–Kier alpha value is -4.37. The molecule has 3 aromatic rings. The van der Waals surface area contributed by atoms with Crippen molar-refractivity contribution in [2.45, 2.75) is 96.0 Å². The number of carbonyl (C=O) groups excluding carboxylic acids is 4. The zero-order valence-corrected chi connectivity index (χ0v) is 36.5. The molecule has 0 bridgehead atoms. The van der Waals surface area contributed by atoms with Crippen LogP contribution in [0.4, 0.5) is 22.0 Å². The number of benzene rings is 2. The van der Waals surface area contributed by atoms with Gasteiger partial charge in [0.1, 0.15) is 11.6 Å². The summed E-state index contributed by atoms with van der Waals surface area (Å²) in [4.78, 5) is 61.1. The Morgan fingerprint density at radius 2 is 1.81 bits per heavy atom. The fourth-order valence-electron chi connectivity index (χ4n) is 9.09. The largest absolute Gasteiger partial charge is 0.378 e. The number of ether oxygens (including phenoxy) is 1. The van der Waals surface area contributed by atoms with Crippen LogP contribution in [0, 0.1) is 11.3 Å². The molecular weight excluding hydrogens is 815 g/mol. The van der Waals surface area contributed by atoms with Crippen LogP contribution in [-0.4, -0.2) is 122 Å². The first-order chi connectivity index (χ1) is 27.7. The smallest absolute Gasteiger partial charge is 0.329 e. The number of hydrogen-bond acceptors (Lipinski definition) is 10. The Balaban J connectivity index is 0.00000585. The number of halogens is 2. The van der Waals surface area contributed by atoms with Gasteiger partial charge in [-0.1, -0.05) is 17.7 Å². The number of imide groups is 1.